The van der Waals surface area contributed by atoms with Crippen LogP contribution < -0.4 is 20.8 Å². The maximum absolute atomic E-state index is 11.9. The minimum absolute atomic E-state index is 0.0794. The molecule has 0 fully saturated rings. The maximum atomic E-state index is 11.9. The Morgan fingerprint density at radius 2 is 2.20 bits per heavy atom. The van der Waals surface area contributed by atoms with E-state index in [1.165, 1.54) is 6.92 Å². The van der Waals surface area contributed by atoms with Gasteiger partial charge < -0.3 is 20.5 Å². The first kappa shape index (κ1) is 18.2. The average Bonchev–Trinajstić information content (AvgIpc) is 3.13. The molecule has 9 nitrogen and oxygen atoms in total. The van der Waals surface area contributed by atoms with Crippen molar-refractivity contribution in [1.29, 1.82) is 0 Å². The van der Waals surface area contributed by atoms with Gasteiger partial charge in [-0.05, 0) is 24.3 Å². The van der Waals surface area contributed by atoms with Gasteiger partial charge in [0.05, 0.1) is 18.7 Å². The van der Waals surface area contributed by atoms with Gasteiger partial charge in [-0.1, -0.05) is 6.92 Å². The lowest BCUT2D eigenvalue weighted by atomic mass is 10.1. The van der Waals surface area contributed by atoms with Crippen molar-refractivity contribution in [3.8, 4) is 5.75 Å². The molecule has 0 bridgehead atoms. The SMILES string of the molecule is C[C@@H](CNC(=O)c1ccc(OC/C=N\NC2=NCCN2)cc1)C(=O)O. The van der Waals surface area contributed by atoms with Crippen LogP contribution in [0, 0.1) is 5.92 Å². The fraction of sp³-hybridized carbons (Fsp3) is 0.375. The zero-order chi connectivity index (χ0) is 18.1. The second-order valence-corrected chi connectivity index (χ2v) is 5.37. The summed E-state index contributed by atoms with van der Waals surface area (Å²) in [5.74, 6) is -0.668. The molecule has 1 aliphatic heterocycles. The monoisotopic (exact) mass is 347 g/mol. The summed E-state index contributed by atoms with van der Waals surface area (Å²) in [6, 6.07) is 6.56. The molecule has 2 rings (SSSR count). The van der Waals surface area contributed by atoms with Crippen LogP contribution in [0.1, 0.15) is 17.3 Å². The molecule has 1 aliphatic rings. The number of amides is 1. The first-order valence-electron chi connectivity index (χ1n) is 7.86. The first-order chi connectivity index (χ1) is 12.1. The van der Waals surface area contributed by atoms with Crippen molar-refractivity contribution in [2.75, 3.05) is 26.2 Å². The Hall–Kier alpha value is -3.10. The van der Waals surface area contributed by atoms with Crippen LogP contribution in [0.15, 0.2) is 34.4 Å². The number of hydrogen-bond donors (Lipinski definition) is 4. The summed E-state index contributed by atoms with van der Waals surface area (Å²) in [6.45, 7) is 3.43. The molecule has 134 valence electrons. The van der Waals surface area contributed by atoms with Crippen LogP contribution in [-0.4, -0.2) is 55.4 Å². The molecule has 0 spiro atoms. The highest BCUT2D eigenvalue weighted by molar-refractivity contribution is 5.94. The van der Waals surface area contributed by atoms with Crippen LogP contribution in [0.2, 0.25) is 0 Å². The van der Waals surface area contributed by atoms with E-state index in [0.717, 1.165) is 13.1 Å². The molecule has 1 aromatic carbocycles. The lowest BCUT2D eigenvalue weighted by molar-refractivity contribution is -0.140. The van der Waals surface area contributed by atoms with Crippen LogP contribution in [0.4, 0.5) is 0 Å². The van der Waals surface area contributed by atoms with Crippen LogP contribution in [-0.2, 0) is 4.79 Å². The number of carbonyl (C=O) groups is 2. The first-order valence-corrected chi connectivity index (χ1v) is 7.86. The molecule has 1 aromatic rings. The summed E-state index contributed by atoms with van der Waals surface area (Å²) >= 11 is 0. The molecular weight excluding hydrogens is 326 g/mol. The highest BCUT2D eigenvalue weighted by atomic mass is 16.5. The van der Waals surface area contributed by atoms with E-state index in [-0.39, 0.29) is 19.1 Å². The fourth-order valence-electron chi connectivity index (χ4n) is 1.89. The molecule has 0 unspecified atom stereocenters. The number of aliphatic imine (C=N–C) groups is 1. The molecule has 0 saturated carbocycles. The van der Waals surface area contributed by atoms with Crippen LogP contribution in [0.3, 0.4) is 0 Å². The van der Waals surface area contributed by atoms with Crippen molar-refractivity contribution in [3.05, 3.63) is 29.8 Å². The van der Waals surface area contributed by atoms with E-state index in [4.69, 9.17) is 9.84 Å². The van der Waals surface area contributed by atoms with E-state index >= 15 is 0 Å². The van der Waals surface area contributed by atoms with E-state index in [9.17, 15) is 9.59 Å². The standard InChI is InChI=1S/C16H21N5O4/c1-11(15(23)24)10-19-14(22)12-2-4-13(5-3-12)25-9-8-20-21-16-17-6-7-18-16/h2-5,8,11H,6-7,9-10H2,1H3,(H,19,22)(H,23,24)(H2,17,18,21)/b20-8-/t11-/m0/s1. The van der Waals surface area contributed by atoms with E-state index in [0.29, 0.717) is 17.3 Å². The van der Waals surface area contributed by atoms with E-state index < -0.39 is 11.9 Å². The topological polar surface area (TPSA) is 124 Å². The Labute approximate surface area is 145 Å². The predicted octanol–water partition coefficient (Wildman–Crippen LogP) is 0.0505. The molecule has 1 atom stereocenters. The predicted molar refractivity (Wildman–Crippen MR) is 93.0 cm³/mol. The van der Waals surface area contributed by atoms with Gasteiger partial charge in [-0.2, -0.15) is 5.10 Å². The largest absolute Gasteiger partial charge is 0.488 e. The number of nitrogens with one attached hydrogen (secondary N) is 3. The van der Waals surface area contributed by atoms with Gasteiger partial charge in [0.15, 0.2) is 0 Å². The second kappa shape index (κ2) is 9.26. The van der Waals surface area contributed by atoms with Gasteiger partial charge in [0.2, 0.25) is 5.96 Å². The summed E-state index contributed by atoms with van der Waals surface area (Å²) in [5, 5.41) is 18.4. The number of carbonyl (C=O) groups excluding carboxylic acids is 1. The number of guanidine groups is 1. The van der Waals surface area contributed by atoms with Gasteiger partial charge in [-0.15, -0.1) is 0 Å². The number of ether oxygens (including phenoxy) is 1. The third-order valence-electron chi connectivity index (χ3n) is 3.37. The number of rotatable bonds is 8. The molecule has 1 amide bonds. The molecule has 0 saturated heterocycles. The fourth-order valence-corrected chi connectivity index (χ4v) is 1.89. The highest BCUT2D eigenvalue weighted by Gasteiger charge is 2.13. The summed E-state index contributed by atoms with van der Waals surface area (Å²) in [6.07, 6.45) is 1.57. The van der Waals surface area contributed by atoms with E-state index in [1.807, 2.05) is 0 Å². The van der Waals surface area contributed by atoms with Crippen molar-refractivity contribution in [2.24, 2.45) is 16.0 Å². The normalized spacial score (nSPS) is 14.5. The Bertz CT molecular complexity index is 657. The Balaban J connectivity index is 1.72. The lowest BCUT2D eigenvalue weighted by Crippen LogP contribution is -2.31. The van der Waals surface area contributed by atoms with Crippen LogP contribution in [0.5, 0.6) is 5.75 Å². The summed E-state index contributed by atoms with van der Waals surface area (Å²) in [4.78, 5) is 26.8. The Morgan fingerprint density at radius 1 is 1.44 bits per heavy atom. The Morgan fingerprint density at radius 3 is 2.84 bits per heavy atom. The molecule has 25 heavy (non-hydrogen) atoms. The molecule has 9 heteroatoms. The quantitative estimate of drug-likeness (QED) is 0.389. The lowest BCUT2D eigenvalue weighted by Gasteiger charge is -2.09. The third-order valence-corrected chi connectivity index (χ3v) is 3.37. The van der Waals surface area contributed by atoms with Crippen LogP contribution >= 0.6 is 0 Å². The summed E-state index contributed by atoms with van der Waals surface area (Å²) < 4.78 is 5.48. The number of hydrazone groups is 1. The number of hydrogen-bond acceptors (Lipinski definition) is 7. The molecule has 1 heterocycles. The molecular formula is C16H21N5O4. The van der Waals surface area contributed by atoms with Crippen molar-refractivity contribution in [3.63, 3.8) is 0 Å². The number of carboxylic acid groups (broad SMARTS) is 1. The zero-order valence-electron chi connectivity index (χ0n) is 13.9. The van der Waals surface area contributed by atoms with Crippen molar-refractivity contribution in [2.45, 2.75) is 6.92 Å². The number of aliphatic carboxylic acids is 1. The third kappa shape index (κ3) is 6.13. The molecule has 4 N–H and O–H groups in total. The van der Waals surface area contributed by atoms with Gasteiger partial charge in [0, 0.05) is 18.7 Å². The van der Waals surface area contributed by atoms with Gasteiger partial charge >= 0.3 is 5.97 Å². The van der Waals surface area contributed by atoms with Gasteiger partial charge in [-0.25, -0.2) is 10.4 Å². The Kier molecular flexibility index (Phi) is 6.76. The number of benzene rings is 1. The van der Waals surface area contributed by atoms with E-state index in [1.54, 1.807) is 30.5 Å². The van der Waals surface area contributed by atoms with E-state index in [2.05, 4.69) is 26.2 Å². The van der Waals surface area contributed by atoms with Crippen molar-refractivity contribution >= 4 is 24.1 Å². The maximum Gasteiger partial charge on any atom is 0.308 e. The second-order valence-electron chi connectivity index (χ2n) is 5.37. The van der Waals surface area contributed by atoms with Crippen LogP contribution in [0.25, 0.3) is 0 Å². The summed E-state index contributed by atoms with van der Waals surface area (Å²) in [7, 11) is 0. The molecule has 0 aromatic heterocycles. The van der Waals surface area contributed by atoms with Crippen molar-refractivity contribution in [1.82, 2.24) is 16.1 Å². The summed E-state index contributed by atoms with van der Waals surface area (Å²) in [5.41, 5.74) is 3.19. The van der Waals surface area contributed by atoms with Gasteiger partial charge in [-0.3, -0.25) is 9.59 Å². The number of nitrogens with zero attached hydrogens (tertiary/aromatic N) is 2. The van der Waals surface area contributed by atoms with Gasteiger partial charge in [0.25, 0.3) is 5.91 Å². The molecule has 0 aliphatic carbocycles. The minimum atomic E-state index is -0.948. The number of carboxylic acids is 1. The minimum Gasteiger partial charge on any atom is -0.488 e. The van der Waals surface area contributed by atoms with Gasteiger partial charge in [0.1, 0.15) is 12.4 Å². The average molecular weight is 347 g/mol. The smallest absolute Gasteiger partial charge is 0.308 e. The molecule has 0 radical (unpaired) electrons. The zero-order valence-corrected chi connectivity index (χ0v) is 13.9. The highest BCUT2D eigenvalue weighted by Crippen LogP contribution is 2.12. The van der Waals surface area contributed by atoms with Crippen molar-refractivity contribution < 1.29 is 19.4 Å².